The number of thioether (sulfide) groups is 1. The van der Waals surface area contributed by atoms with Gasteiger partial charge < -0.3 is 5.32 Å². The van der Waals surface area contributed by atoms with E-state index in [9.17, 15) is 13.2 Å². The molecule has 4 heterocycles. The summed E-state index contributed by atoms with van der Waals surface area (Å²) < 4.78 is 25.5. The predicted molar refractivity (Wildman–Crippen MR) is 95.5 cm³/mol. The van der Waals surface area contributed by atoms with Gasteiger partial charge in [0.15, 0.2) is 9.84 Å². The minimum Gasteiger partial charge on any atom is -0.310 e. The van der Waals surface area contributed by atoms with Gasteiger partial charge in [0.2, 0.25) is 5.91 Å². The van der Waals surface area contributed by atoms with E-state index in [4.69, 9.17) is 0 Å². The second-order valence-corrected chi connectivity index (χ2v) is 9.85. The van der Waals surface area contributed by atoms with E-state index in [0.29, 0.717) is 18.0 Å². The van der Waals surface area contributed by atoms with E-state index in [1.807, 2.05) is 18.5 Å². The van der Waals surface area contributed by atoms with Crippen LogP contribution < -0.4 is 5.32 Å². The number of nitrogens with one attached hydrogen (secondary N) is 2. The summed E-state index contributed by atoms with van der Waals surface area (Å²) in [6, 6.07) is -0.114. The summed E-state index contributed by atoms with van der Waals surface area (Å²) in [5.74, 6) is 1.25. The highest BCUT2D eigenvalue weighted by molar-refractivity contribution is 8.00. The van der Waals surface area contributed by atoms with Crippen LogP contribution in [0.5, 0.6) is 0 Å². The third-order valence-electron chi connectivity index (χ3n) is 4.79. The Balaban J connectivity index is 1.76. The van der Waals surface area contributed by atoms with Crippen molar-refractivity contribution >= 4 is 33.3 Å². The zero-order chi connectivity index (χ0) is 17.8. The number of hydrogen-bond acceptors (Lipinski definition) is 6. The molecule has 0 radical (unpaired) electrons. The van der Waals surface area contributed by atoms with Crippen LogP contribution in [-0.4, -0.2) is 51.6 Å². The molecule has 134 valence electrons. The molecule has 0 unspecified atom stereocenters. The van der Waals surface area contributed by atoms with Crippen LogP contribution in [0, 0.1) is 13.8 Å². The monoisotopic (exact) mass is 381 g/mol. The van der Waals surface area contributed by atoms with Crippen LogP contribution in [0.1, 0.15) is 40.2 Å². The summed E-state index contributed by atoms with van der Waals surface area (Å²) in [4.78, 5) is 11.9. The molecule has 0 aliphatic carbocycles. The van der Waals surface area contributed by atoms with E-state index in [1.54, 1.807) is 6.20 Å². The smallest absolute Gasteiger partial charge is 0.235 e. The number of carbonyl (C=O) groups is 1. The van der Waals surface area contributed by atoms with Crippen molar-refractivity contribution in [1.29, 1.82) is 0 Å². The first-order valence-electron chi connectivity index (χ1n) is 8.06. The lowest BCUT2D eigenvalue weighted by Gasteiger charge is -2.16. The molecular formula is C15H19N5O3S2. The molecule has 2 aliphatic heterocycles. The van der Waals surface area contributed by atoms with Crippen LogP contribution in [0.25, 0.3) is 0 Å². The van der Waals surface area contributed by atoms with Gasteiger partial charge in [-0.2, -0.15) is 10.2 Å². The maximum absolute atomic E-state index is 11.9. The second kappa shape index (κ2) is 5.87. The molecule has 1 fully saturated rings. The first-order valence-corrected chi connectivity index (χ1v) is 10.9. The lowest BCUT2D eigenvalue weighted by molar-refractivity contribution is -0.113. The molecule has 2 aromatic heterocycles. The fourth-order valence-electron chi connectivity index (χ4n) is 3.64. The molecular weight excluding hydrogens is 362 g/mol. The van der Waals surface area contributed by atoms with Gasteiger partial charge >= 0.3 is 0 Å². The molecule has 2 aliphatic rings. The van der Waals surface area contributed by atoms with E-state index < -0.39 is 9.84 Å². The number of carbonyl (C=O) groups excluding carboxylic acids is 1. The van der Waals surface area contributed by atoms with Gasteiger partial charge in [0, 0.05) is 16.8 Å². The average Bonchev–Trinajstić information content (AvgIpc) is 3.18. The van der Waals surface area contributed by atoms with Gasteiger partial charge in [0.25, 0.3) is 0 Å². The summed E-state index contributed by atoms with van der Waals surface area (Å²) in [5.41, 5.74) is 3.77. The highest BCUT2D eigenvalue weighted by Gasteiger charge is 2.34. The number of sulfone groups is 1. The Kier molecular flexibility index (Phi) is 3.91. The van der Waals surface area contributed by atoms with Crippen LogP contribution in [0.2, 0.25) is 0 Å². The third kappa shape index (κ3) is 2.86. The van der Waals surface area contributed by atoms with Crippen LogP contribution in [-0.2, 0) is 14.6 Å². The lowest BCUT2D eigenvalue weighted by atomic mass is 10.0. The van der Waals surface area contributed by atoms with Gasteiger partial charge in [-0.3, -0.25) is 14.6 Å². The Morgan fingerprint density at radius 1 is 1.36 bits per heavy atom. The number of nitrogens with zero attached hydrogens (tertiary/aromatic N) is 3. The van der Waals surface area contributed by atoms with Gasteiger partial charge in [0.1, 0.15) is 5.82 Å². The number of aromatic nitrogens is 4. The molecule has 1 saturated heterocycles. The van der Waals surface area contributed by atoms with Crippen LogP contribution in [0.4, 0.5) is 5.82 Å². The SMILES string of the molecule is Cc1nn([C@H]2CCS(=O)(=O)C2)c(C)c1[C@@H]1SCC(=O)Nc2[nH]ncc21. The van der Waals surface area contributed by atoms with Crippen molar-refractivity contribution in [2.75, 3.05) is 22.6 Å². The highest BCUT2D eigenvalue weighted by Crippen LogP contribution is 2.43. The van der Waals surface area contributed by atoms with Gasteiger partial charge in [-0.25, -0.2) is 8.42 Å². The first kappa shape index (κ1) is 16.6. The number of rotatable bonds is 2. The van der Waals surface area contributed by atoms with Crippen molar-refractivity contribution in [3.05, 3.63) is 28.7 Å². The minimum absolute atomic E-state index is 0.0671. The zero-order valence-corrected chi connectivity index (χ0v) is 15.6. The largest absolute Gasteiger partial charge is 0.310 e. The molecule has 2 aromatic rings. The van der Waals surface area contributed by atoms with E-state index in [-0.39, 0.29) is 28.7 Å². The highest BCUT2D eigenvalue weighted by atomic mass is 32.2. The maximum atomic E-state index is 11.9. The molecule has 25 heavy (non-hydrogen) atoms. The number of aromatic amines is 1. The number of hydrogen-bond donors (Lipinski definition) is 2. The molecule has 0 saturated carbocycles. The van der Waals surface area contributed by atoms with E-state index in [0.717, 1.165) is 22.5 Å². The van der Waals surface area contributed by atoms with Gasteiger partial charge in [-0.1, -0.05) is 0 Å². The molecule has 8 nitrogen and oxygen atoms in total. The molecule has 0 spiro atoms. The summed E-state index contributed by atoms with van der Waals surface area (Å²) in [7, 11) is -2.98. The van der Waals surface area contributed by atoms with Crippen molar-refractivity contribution in [3.8, 4) is 0 Å². The summed E-state index contributed by atoms with van der Waals surface area (Å²) in [6.45, 7) is 3.91. The fourth-order valence-corrected chi connectivity index (χ4v) is 6.58. The standard InChI is InChI=1S/C15H19N5O3S2/c1-8-13(9(2)20(19-8)10-3-4-25(22,23)7-10)14-11-5-16-18-15(11)17-12(21)6-24-14/h5,10,14H,3-4,6-7H2,1-2H3,(H2,16,17,18,21)/t10-,14+/m0/s1. The second-order valence-electron chi connectivity index (χ2n) is 6.53. The number of fused-ring (bicyclic) bond motifs is 1. The summed E-state index contributed by atoms with van der Waals surface area (Å²) >= 11 is 1.53. The average molecular weight is 381 g/mol. The maximum Gasteiger partial charge on any atom is 0.235 e. The van der Waals surface area contributed by atoms with Gasteiger partial charge in [0.05, 0.1) is 40.4 Å². The van der Waals surface area contributed by atoms with E-state index >= 15 is 0 Å². The zero-order valence-electron chi connectivity index (χ0n) is 13.9. The number of aryl methyl sites for hydroxylation is 1. The Morgan fingerprint density at radius 2 is 2.16 bits per heavy atom. The Bertz CT molecular complexity index is 947. The Morgan fingerprint density at radius 3 is 2.88 bits per heavy atom. The topological polar surface area (TPSA) is 110 Å². The van der Waals surface area contributed by atoms with Crippen LogP contribution in [0.15, 0.2) is 6.20 Å². The van der Waals surface area contributed by atoms with E-state index in [2.05, 4.69) is 20.6 Å². The van der Waals surface area contributed by atoms with E-state index in [1.165, 1.54) is 11.8 Å². The van der Waals surface area contributed by atoms with Gasteiger partial charge in [-0.05, 0) is 20.3 Å². The number of anilines is 1. The quantitative estimate of drug-likeness (QED) is 0.813. The fraction of sp³-hybridized carbons (Fsp3) is 0.533. The van der Waals surface area contributed by atoms with Crippen molar-refractivity contribution in [2.45, 2.75) is 31.6 Å². The summed E-state index contributed by atoms with van der Waals surface area (Å²) in [6.07, 6.45) is 2.33. The van der Waals surface area contributed by atoms with Crippen molar-refractivity contribution in [2.24, 2.45) is 0 Å². The normalized spacial score (nSPS) is 25.4. The lowest BCUT2D eigenvalue weighted by Crippen LogP contribution is -2.14. The van der Waals surface area contributed by atoms with Gasteiger partial charge in [-0.15, -0.1) is 11.8 Å². The first-order chi connectivity index (χ1) is 11.9. The van der Waals surface area contributed by atoms with Crippen LogP contribution >= 0.6 is 11.8 Å². The molecule has 2 N–H and O–H groups in total. The van der Waals surface area contributed by atoms with Crippen LogP contribution in [0.3, 0.4) is 0 Å². The molecule has 1 amide bonds. The molecule has 4 rings (SSSR count). The molecule has 0 bridgehead atoms. The molecule has 2 atom stereocenters. The molecule has 0 aromatic carbocycles. The van der Waals surface area contributed by atoms with Crippen molar-refractivity contribution in [1.82, 2.24) is 20.0 Å². The minimum atomic E-state index is -2.98. The number of amides is 1. The Hall–Kier alpha value is -1.81. The predicted octanol–water partition coefficient (Wildman–Crippen LogP) is 1.36. The number of H-pyrrole nitrogens is 1. The third-order valence-corrected chi connectivity index (χ3v) is 7.80. The Labute approximate surface area is 149 Å². The summed E-state index contributed by atoms with van der Waals surface area (Å²) in [5, 5.41) is 14.3. The van der Waals surface area contributed by atoms with Crippen molar-refractivity contribution < 1.29 is 13.2 Å². The van der Waals surface area contributed by atoms with Crippen molar-refractivity contribution in [3.63, 3.8) is 0 Å². The molecule has 10 heteroatoms.